The van der Waals surface area contributed by atoms with E-state index in [1.165, 1.54) is 0 Å². The molecule has 1 aliphatic heterocycles. The highest BCUT2D eigenvalue weighted by molar-refractivity contribution is 6.36. The summed E-state index contributed by atoms with van der Waals surface area (Å²) in [6.45, 7) is 3.83. The van der Waals surface area contributed by atoms with Crippen molar-refractivity contribution in [3.05, 3.63) is 56.6 Å². The molecule has 0 aromatic heterocycles. The molecule has 132 valence electrons. The number of nitrogens with two attached hydrogens (primary N) is 1. The van der Waals surface area contributed by atoms with Crippen molar-refractivity contribution < 1.29 is 14.3 Å². The first-order chi connectivity index (χ1) is 12.0. The number of hydrogen-bond donors (Lipinski definition) is 1. The van der Waals surface area contributed by atoms with Gasteiger partial charge in [-0.25, -0.2) is 4.79 Å². The summed E-state index contributed by atoms with van der Waals surface area (Å²) >= 11 is 12.7. The number of hydrogen-bond acceptors (Lipinski definition) is 5. The first-order valence-corrected chi connectivity index (χ1v) is 8.63. The Morgan fingerprint density at radius 3 is 2.52 bits per heavy atom. The fraction of sp³-hybridized carbons (Fsp3) is 0.333. The van der Waals surface area contributed by atoms with Crippen LogP contribution in [0.3, 0.4) is 0 Å². The summed E-state index contributed by atoms with van der Waals surface area (Å²) in [7, 11) is 0. The van der Waals surface area contributed by atoms with Crippen LogP contribution in [-0.2, 0) is 14.3 Å². The number of allylic oxidation sites excluding steroid dienone is 2. The van der Waals surface area contributed by atoms with Gasteiger partial charge >= 0.3 is 5.97 Å². The number of esters is 1. The summed E-state index contributed by atoms with van der Waals surface area (Å²) in [6.07, 6.45) is 1.18. The predicted molar refractivity (Wildman–Crippen MR) is 95.7 cm³/mol. The third-order valence-corrected chi connectivity index (χ3v) is 4.42. The van der Waals surface area contributed by atoms with Gasteiger partial charge < -0.3 is 15.2 Å². The lowest BCUT2D eigenvalue weighted by atomic mass is 9.82. The molecule has 1 aromatic rings. The highest BCUT2D eigenvalue weighted by Crippen LogP contribution is 2.45. The van der Waals surface area contributed by atoms with Crippen LogP contribution in [0.4, 0.5) is 0 Å². The van der Waals surface area contributed by atoms with E-state index in [2.05, 4.69) is 0 Å². The molecule has 0 unspecified atom stereocenters. The fourth-order valence-corrected chi connectivity index (χ4v) is 3.35. The van der Waals surface area contributed by atoms with Gasteiger partial charge in [0.15, 0.2) is 0 Å². The van der Waals surface area contributed by atoms with E-state index in [1.807, 2.05) is 13.0 Å². The van der Waals surface area contributed by atoms with E-state index in [0.717, 1.165) is 6.42 Å². The SMILES string of the molecule is CCCC1=C(C(=O)OCC)[C@@H](c2c(Cl)cccc2Cl)C(C#N)=C(N)O1. The van der Waals surface area contributed by atoms with Crippen molar-refractivity contribution in [3.63, 3.8) is 0 Å². The number of carbonyl (C=O) groups is 1. The molecular formula is C18H18Cl2N2O3. The maximum Gasteiger partial charge on any atom is 0.338 e. The van der Waals surface area contributed by atoms with E-state index in [-0.39, 0.29) is 23.6 Å². The largest absolute Gasteiger partial charge is 0.463 e. The molecule has 5 nitrogen and oxygen atoms in total. The summed E-state index contributed by atoms with van der Waals surface area (Å²) in [5, 5.41) is 10.3. The summed E-state index contributed by atoms with van der Waals surface area (Å²) in [5.41, 5.74) is 6.67. The molecule has 1 aliphatic rings. The van der Waals surface area contributed by atoms with Gasteiger partial charge in [-0.05, 0) is 25.5 Å². The van der Waals surface area contributed by atoms with Gasteiger partial charge in [0.1, 0.15) is 17.4 Å². The minimum absolute atomic E-state index is 0.0556. The van der Waals surface area contributed by atoms with E-state index in [9.17, 15) is 10.1 Å². The van der Waals surface area contributed by atoms with Crippen LogP contribution in [0.25, 0.3) is 0 Å². The second-order valence-corrected chi connectivity index (χ2v) is 6.18. The van der Waals surface area contributed by atoms with Crippen LogP contribution in [0.5, 0.6) is 0 Å². The van der Waals surface area contributed by atoms with Crippen LogP contribution in [0.2, 0.25) is 10.0 Å². The molecule has 0 saturated carbocycles. The van der Waals surface area contributed by atoms with Crippen molar-refractivity contribution in [1.82, 2.24) is 0 Å². The van der Waals surface area contributed by atoms with Crippen molar-refractivity contribution in [3.8, 4) is 6.07 Å². The molecule has 0 amide bonds. The maximum absolute atomic E-state index is 12.6. The predicted octanol–water partition coefficient (Wildman–Crippen LogP) is 4.42. The summed E-state index contributed by atoms with van der Waals surface area (Å²) in [4.78, 5) is 12.6. The lowest BCUT2D eigenvalue weighted by molar-refractivity contribution is -0.139. The quantitative estimate of drug-likeness (QED) is 0.764. The smallest absolute Gasteiger partial charge is 0.338 e. The van der Waals surface area contributed by atoms with Gasteiger partial charge in [0.25, 0.3) is 0 Å². The molecule has 1 heterocycles. The number of halogens is 2. The Bertz CT molecular complexity index is 774. The Hall–Kier alpha value is -2.16. The Morgan fingerprint density at radius 2 is 2.00 bits per heavy atom. The van der Waals surface area contributed by atoms with Crippen LogP contribution < -0.4 is 5.73 Å². The lowest BCUT2D eigenvalue weighted by Gasteiger charge is -2.29. The highest BCUT2D eigenvalue weighted by Gasteiger charge is 2.39. The normalized spacial score (nSPS) is 17.2. The van der Waals surface area contributed by atoms with Gasteiger partial charge in [-0.1, -0.05) is 36.2 Å². The topological polar surface area (TPSA) is 85.3 Å². The molecule has 2 rings (SSSR count). The van der Waals surface area contributed by atoms with Crippen molar-refractivity contribution in [2.24, 2.45) is 5.73 Å². The molecule has 2 N–H and O–H groups in total. The van der Waals surface area contributed by atoms with Crippen molar-refractivity contribution in [2.45, 2.75) is 32.6 Å². The van der Waals surface area contributed by atoms with Crippen LogP contribution in [0.1, 0.15) is 38.2 Å². The molecule has 0 saturated heterocycles. The summed E-state index contributed by atoms with van der Waals surface area (Å²) in [6, 6.07) is 6.99. The van der Waals surface area contributed by atoms with Gasteiger partial charge in [0, 0.05) is 22.0 Å². The molecular weight excluding hydrogens is 363 g/mol. The van der Waals surface area contributed by atoms with Gasteiger partial charge in [-0.3, -0.25) is 0 Å². The molecule has 1 atom stereocenters. The summed E-state index contributed by atoms with van der Waals surface area (Å²) in [5.74, 6) is -1.09. The number of carbonyl (C=O) groups excluding carboxylic acids is 1. The Kier molecular flexibility index (Phi) is 6.35. The minimum atomic E-state index is -0.833. The first kappa shape index (κ1) is 19.2. The Morgan fingerprint density at radius 1 is 1.36 bits per heavy atom. The van der Waals surface area contributed by atoms with E-state index < -0.39 is 11.9 Å². The van der Waals surface area contributed by atoms with Gasteiger partial charge in [-0.15, -0.1) is 0 Å². The van der Waals surface area contributed by atoms with E-state index in [4.69, 9.17) is 38.4 Å². The highest BCUT2D eigenvalue weighted by atomic mass is 35.5. The fourth-order valence-electron chi connectivity index (χ4n) is 2.74. The van der Waals surface area contributed by atoms with Crippen LogP contribution in [0.15, 0.2) is 41.0 Å². The average molecular weight is 381 g/mol. The van der Waals surface area contributed by atoms with Crippen LogP contribution in [0, 0.1) is 11.3 Å². The second kappa shape index (κ2) is 8.28. The average Bonchev–Trinajstić information content (AvgIpc) is 2.55. The zero-order chi connectivity index (χ0) is 18.6. The van der Waals surface area contributed by atoms with Crippen molar-refractivity contribution >= 4 is 29.2 Å². The molecule has 0 radical (unpaired) electrons. The minimum Gasteiger partial charge on any atom is -0.463 e. The summed E-state index contributed by atoms with van der Waals surface area (Å²) < 4.78 is 10.8. The van der Waals surface area contributed by atoms with Crippen molar-refractivity contribution in [1.29, 1.82) is 5.26 Å². The molecule has 0 bridgehead atoms. The maximum atomic E-state index is 12.6. The lowest BCUT2D eigenvalue weighted by Crippen LogP contribution is -2.26. The molecule has 7 heteroatoms. The monoisotopic (exact) mass is 380 g/mol. The number of nitriles is 1. The Balaban J connectivity index is 2.76. The first-order valence-electron chi connectivity index (χ1n) is 7.87. The zero-order valence-corrected chi connectivity index (χ0v) is 15.4. The molecule has 1 aromatic carbocycles. The standard InChI is InChI=1S/C18H18Cl2N2O3/c1-3-6-13-16(18(23)24-4-2)14(10(9-21)17(22)25-13)15-11(19)7-5-8-12(15)20/h5,7-8,14H,3-4,6,22H2,1-2H3/t14-/m1/s1. The number of rotatable bonds is 5. The van der Waals surface area contributed by atoms with E-state index in [1.54, 1.807) is 25.1 Å². The molecule has 25 heavy (non-hydrogen) atoms. The Labute approximate surface area is 156 Å². The molecule has 0 fully saturated rings. The van der Waals surface area contributed by atoms with E-state index >= 15 is 0 Å². The number of benzene rings is 1. The van der Waals surface area contributed by atoms with Gasteiger partial charge in [-0.2, -0.15) is 5.26 Å². The van der Waals surface area contributed by atoms with Crippen LogP contribution in [-0.4, -0.2) is 12.6 Å². The third kappa shape index (κ3) is 3.76. The van der Waals surface area contributed by atoms with Gasteiger partial charge in [0.05, 0.1) is 18.1 Å². The zero-order valence-electron chi connectivity index (χ0n) is 13.9. The number of ether oxygens (including phenoxy) is 2. The van der Waals surface area contributed by atoms with Gasteiger partial charge in [0.2, 0.25) is 5.88 Å². The van der Waals surface area contributed by atoms with Crippen molar-refractivity contribution in [2.75, 3.05) is 6.61 Å². The molecule has 0 aliphatic carbocycles. The second-order valence-electron chi connectivity index (χ2n) is 5.37. The van der Waals surface area contributed by atoms with Crippen LogP contribution >= 0.6 is 23.2 Å². The number of nitrogens with zero attached hydrogens (tertiary/aromatic N) is 1. The third-order valence-electron chi connectivity index (χ3n) is 3.76. The van der Waals surface area contributed by atoms with E-state index in [0.29, 0.717) is 27.8 Å². The molecule has 0 spiro atoms.